The van der Waals surface area contributed by atoms with E-state index in [1.165, 1.54) is 270 Å². The number of unbranched alkanes of at least 4 members (excludes halogenated alkanes) is 2. The quantitative estimate of drug-likeness (QED) is 0.0387. The van der Waals surface area contributed by atoms with Gasteiger partial charge in [-0.1, -0.05) is 284 Å². The molecule has 16 nitrogen and oxygen atoms in total. The fraction of sp³-hybridized carbons (Fsp3) is 0.692. The van der Waals surface area contributed by atoms with E-state index in [4.69, 9.17) is 0 Å². The molecule has 24 heteroatoms. The van der Waals surface area contributed by atoms with Crippen molar-refractivity contribution in [3.8, 4) is 0 Å². The van der Waals surface area contributed by atoms with Crippen LogP contribution in [-0.2, 0) is 19.2 Å². The van der Waals surface area contributed by atoms with Crippen LogP contribution >= 0.6 is 94.1 Å². The molecule has 4 aromatic carbocycles. The highest BCUT2D eigenvalue weighted by Gasteiger charge is 2.29. The lowest BCUT2D eigenvalue weighted by Crippen LogP contribution is -2.50. The highest BCUT2D eigenvalue weighted by atomic mass is 32.2. The Morgan fingerprint density at radius 1 is 0.195 bits per heavy atom. The Balaban J connectivity index is -0.000000692. The minimum absolute atomic E-state index is 0.170. The third-order valence-corrected chi connectivity index (χ3v) is 30.7. The summed E-state index contributed by atoms with van der Waals surface area (Å²) in [6, 6.07) is 38.2. The Labute approximate surface area is 821 Å². The van der Waals surface area contributed by atoms with Gasteiger partial charge in [0.15, 0.2) is 20.5 Å². The number of hydrogen-bond donors (Lipinski definition) is 0. The van der Waals surface area contributed by atoms with Crippen LogP contribution in [0.3, 0.4) is 0 Å². The number of quaternary nitrogens is 8. The Kier molecular flexibility index (Phi) is 81.8. The number of rotatable bonds is 56. The van der Waals surface area contributed by atoms with E-state index in [0.717, 1.165) is 163 Å². The Bertz CT molecular complexity index is 3400. The van der Waals surface area contributed by atoms with Crippen molar-refractivity contribution < 1.29 is 74.2 Å². The molecule has 0 fully saturated rings. The van der Waals surface area contributed by atoms with E-state index >= 15 is 0 Å². The topological polar surface area (TPSA) is 137 Å². The Morgan fingerprint density at radius 3 is 0.508 bits per heavy atom. The van der Waals surface area contributed by atoms with Crippen molar-refractivity contribution in [2.45, 2.75) is 217 Å². The number of thioether (sulfide) groups is 8. The maximum absolute atomic E-state index is 12.1. The average Bonchev–Trinajstić information content (AvgIpc) is 0.863. The lowest BCUT2D eigenvalue weighted by Gasteiger charge is -2.37. The van der Waals surface area contributed by atoms with Crippen molar-refractivity contribution in [3.63, 3.8) is 0 Å². The van der Waals surface area contributed by atoms with Crippen LogP contribution in [0.15, 0.2) is 121 Å². The smallest absolute Gasteiger partial charge is 0.219 e. The van der Waals surface area contributed by atoms with Crippen LogP contribution < -0.4 is 0 Å². The molecule has 0 aliphatic carbocycles. The van der Waals surface area contributed by atoms with Crippen molar-refractivity contribution in [1.82, 2.24) is 0 Å². The van der Waals surface area contributed by atoms with Gasteiger partial charge in [-0.15, -0.1) is 0 Å². The number of hydrogen-bond acceptors (Lipinski definition) is 16. The van der Waals surface area contributed by atoms with Crippen LogP contribution in [0.4, 0.5) is 0 Å². The number of carbonyl (C=O) groups is 8. The van der Waals surface area contributed by atoms with Crippen molar-refractivity contribution in [3.05, 3.63) is 144 Å². The highest BCUT2D eigenvalue weighted by molar-refractivity contribution is 8.15. The summed E-state index contributed by atoms with van der Waals surface area (Å²) in [6.45, 7) is 77.5. The van der Waals surface area contributed by atoms with Gasteiger partial charge in [0.25, 0.3) is 0 Å². The fourth-order valence-electron chi connectivity index (χ4n) is 15.0. The van der Waals surface area contributed by atoms with Crippen molar-refractivity contribution >= 4 is 135 Å². The summed E-state index contributed by atoms with van der Waals surface area (Å²) in [4.78, 5) is 90.9. The van der Waals surface area contributed by atoms with Gasteiger partial charge < -0.3 is 35.9 Å². The normalized spacial score (nSPS) is 12.3. The molecule has 0 bridgehead atoms. The van der Waals surface area contributed by atoms with Crippen molar-refractivity contribution in [2.75, 3.05) is 258 Å². The van der Waals surface area contributed by atoms with Gasteiger partial charge >= 0.3 is 0 Å². The van der Waals surface area contributed by atoms with Crippen LogP contribution in [0.2, 0.25) is 0 Å². The predicted octanol–water partition coefficient (Wildman–Crippen LogP) is 23.9. The molecule has 2 unspecified atom stereocenters. The summed E-state index contributed by atoms with van der Waals surface area (Å²) in [6.07, 6.45) is 12.5. The lowest BCUT2D eigenvalue weighted by molar-refractivity contribution is -0.924. The summed E-state index contributed by atoms with van der Waals surface area (Å²) in [5.41, 5.74) is 3.24. The Morgan fingerprint density at radius 2 is 0.352 bits per heavy atom. The van der Waals surface area contributed by atoms with Crippen molar-refractivity contribution in [1.29, 1.82) is 0 Å². The zero-order valence-electron chi connectivity index (χ0n) is 86.8. The lowest BCUT2D eigenvalue weighted by atomic mass is 10.2. The molecule has 0 amide bonds. The first-order valence-corrected chi connectivity index (χ1v) is 56.7. The molecule has 128 heavy (non-hydrogen) atoms. The minimum Gasteiger partial charge on any atom is -0.330 e. The van der Waals surface area contributed by atoms with Gasteiger partial charge in [0.05, 0.1) is 258 Å². The van der Waals surface area contributed by atoms with Gasteiger partial charge in [-0.25, -0.2) is 0 Å². The maximum Gasteiger partial charge on any atom is 0.219 e. The first kappa shape index (κ1) is 131. The average molecular weight is 1940 g/mol. The molecular formula is C104H192N8O8S8+8. The Hall–Kier alpha value is -3.28. The third-order valence-electron chi connectivity index (χ3n) is 24.0. The molecule has 0 aromatic heterocycles. The van der Waals surface area contributed by atoms with E-state index < -0.39 is 0 Å². The van der Waals surface area contributed by atoms with Crippen LogP contribution in [0.25, 0.3) is 0 Å². The van der Waals surface area contributed by atoms with Crippen LogP contribution in [0.1, 0.15) is 258 Å². The minimum atomic E-state index is 0.170. The van der Waals surface area contributed by atoms with Crippen LogP contribution in [0, 0.1) is 0 Å². The largest absolute Gasteiger partial charge is 0.330 e. The summed E-state index contributed by atoms with van der Waals surface area (Å²) < 4.78 is 8.78. The van der Waals surface area contributed by atoms with E-state index in [2.05, 4.69) is 167 Å². The van der Waals surface area contributed by atoms with Gasteiger partial charge in [0.1, 0.15) is 0 Å². The molecule has 0 aliphatic rings. The second-order valence-corrected chi connectivity index (χ2v) is 44.8. The first-order chi connectivity index (χ1) is 60.7. The van der Waals surface area contributed by atoms with E-state index in [1.807, 2.05) is 121 Å². The fourth-order valence-corrected chi connectivity index (χ4v) is 22.3. The monoisotopic (exact) mass is 1940 g/mol. The van der Waals surface area contributed by atoms with Crippen LogP contribution in [0.5, 0.6) is 0 Å². The molecule has 0 radical (unpaired) electrons. The molecule has 4 aromatic rings. The highest BCUT2D eigenvalue weighted by Crippen LogP contribution is 2.23. The SMILES string of the molecule is CC(=O)SCC[N+](C)(C)C.CCCC[N+](CC)(CCC)CCSC(=O)c1ccccc1.CCCC[N+](CC)(CCC)CCSC(C)=O.CCC[N+](CC)(CCC)CCSC(=O)c1ccccc1.CCC[N+](CC)(CCC)CCSC(C)=O.CC[N+](CC)(CC)CCSC(=O)c1ccccc1.CC[N+](CC)(CC)CCSC(C)=O.C[N+](C)(C)CCSC(=O)c1ccccc1. The van der Waals surface area contributed by atoms with E-state index in [0.29, 0.717) is 0 Å². The number of carbonyl (C=O) groups excluding carboxylic acids is 8. The second-order valence-electron chi connectivity index (χ2n) is 35.4. The first-order valence-electron chi connectivity index (χ1n) is 48.9. The van der Waals surface area contributed by atoms with Gasteiger partial charge in [-0.05, 0) is 121 Å². The van der Waals surface area contributed by atoms with Crippen LogP contribution in [-0.4, -0.2) is 335 Å². The number of nitrogens with zero attached hydrogens (tertiary/aromatic N) is 8. The maximum atomic E-state index is 12.1. The standard InChI is InChI=1S/C18H30NOS.C17H28NOS.C15H24NOS.C13H28NOS.C12H18NOS.C12H26NOS.C10H22NOS.C7H16NOS/c1-4-7-14-19(6-3,13-5-2)15-16-21-18(20)17-11-9-8-10-12-17;1-4-12-18(6-3,13-5-2)14-15-20-17(19)16-10-8-7-9-11-16;1-4-16(5-2,6-3)12-13-18-15(17)14-10-8-7-9-11-14;1-5-8-10-14(7-3,9-6-2)11-12-16-13(4)15;1-13(2,3)9-10-15-12(14)11-7-5-4-6-8-11;1-5-8-13(7-3,9-6-2)10-11-15-12(4)14;1-5-11(6-2,7-3)8-9-13-10(4)12;1-7(9)10-6-5-8(2,3)4/h8-12H,4-7,13-16H2,1-3H3;7-11H,4-6,12-15H2,1-3H3;7-11H,4-6,12-13H2,1-3H3;5-12H2,1-4H3;4-8H,9-10H2,1-3H3;5-11H2,1-4H3;5-9H2,1-4H3;5-6H2,1-4H3/q8*+1. The van der Waals surface area contributed by atoms with E-state index in [1.54, 1.807) is 27.7 Å². The number of benzene rings is 4. The van der Waals surface area contributed by atoms with Crippen molar-refractivity contribution in [2.24, 2.45) is 0 Å². The summed E-state index contributed by atoms with van der Waals surface area (Å²) >= 11 is 11.6. The zero-order chi connectivity index (χ0) is 97.8. The summed E-state index contributed by atoms with van der Waals surface area (Å²) in [7, 11) is 12.8. The molecule has 0 saturated heterocycles. The van der Waals surface area contributed by atoms with Gasteiger partial charge in [-0.2, -0.15) is 0 Å². The molecule has 0 spiro atoms. The molecular weight excluding hydrogens is 1750 g/mol. The molecule has 736 valence electrons. The summed E-state index contributed by atoms with van der Waals surface area (Å²) in [5, 5.41) is 1.72. The molecule has 0 saturated carbocycles. The predicted molar refractivity (Wildman–Crippen MR) is 578 cm³/mol. The van der Waals surface area contributed by atoms with E-state index in [-0.39, 0.29) is 40.9 Å². The van der Waals surface area contributed by atoms with Gasteiger partial charge in [-0.3, -0.25) is 38.4 Å². The van der Waals surface area contributed by atoms with E-state index in [9.17, 15) is 38.4 Å². The molecule has 4 rings (SSSR count). The molecule has 0 heterocycles. The zero-order valence-corrected chi connectivity index (χ0v) is 93.3. The second kappa shape index (κ2) is 79.9. The summed E-state index contributed by atoms with van der Waals surface area (Å²) in [5.74, 6) is 7.47. The molecule has 0 aliphatic heterocycles. The third kappa shape index (κ3) is 67.0. The van der Waals surface area contributed by atoms with Gasteiger partial charge in [0, 0.05) is 49.9 Å². The molecule has 2 atom stereocenters. The molecule has 0 N–H and O–H groups in total. The van der Waals surface area contributed by atoms with Gasteiger partial charge in [0.2, 0.25) is 20.5 Å².